The zero-order valence-electron chi connectivity index (χ0n) is 12.7. The minimum Gasteiger partial charge on any atom is -0.406 e. The molecular weight excluding hydrogens is 339 g/mol. The van der Waals surface area contributed by atoms with Crippen LogP contribution in [0.4, 0.5) is 18.9 Å². The summed E-state index contributed by atoms with van der Waals surface area (Å²) in [4.78, 5) is 0. The van der Waals surface area contributed by atoms with Crippen molar-refractivity contribution in [1.29, 1.82) is 0 Å². The summed E-state index contributed by atoms with van der Waals surface area (Å²) >= 11 is 1.64. The van der Waals surface area contributed by atoms with Gasteiger partial charge in [-0.3, -0.25) is 0 Å². The lowest BCUT2D eigenvalue weighted by Crippen LogP contribution is -2.35. The van der Waals surface area contributed by atoms with E-state index in [-0.39, 0.29) is 23.8 Å². The topological polar surface area (TPSA) is 30.5 Å². The zero-order chi connectivity index (χ0) is 16.7. The SMILES string of the molecule is FC(F)(F)Oc1ccc2c(c1)[C@H]1OCCC[C@H]1[C@H](c1ccsc1)N2. The van der Waals surface area contributed by atoms with Gasteiger partial charge in [0.1, 0.15) is 5.75 Å². The van der Waals surface area contributed by atoms with Crippen LogP contribution >= 0.6 is 11.3 Å². The van der Waals surface area contributed by atoms with E-state index >= 15 is 0 Å². The van der Waals surface area contributed by atoms with Gasteiger partial charge in [0.05, 0.1) is 12.1 Å². The molecule has 2 aromatic rings. The Balaban J connectivity index is 1.71. The standard InChI is InChI=1S/C17H16F3NO2S/c18-17(19,20)23-11-3-4-14-13(8-11)16-12(2-1-6-22-16)15(21-14)10-5-7-24-9-10/h3-5,7-9,12,15-16,21H,1-2,6H2/t12-,15-,16-/m0/s1. The Morgan fingerprint density at radius 2 is 2.12 bits per heavy atom. The van der Waals surface area contributed by atoms with Crippen LogP contribution in [0.3, 0.4) is 0 Å². The van der Waals surface area contributed by atoms with E-state index < -0.39 is 6.36 Å². The molecule has 2 aliphatic rings. The molecule has 0 radical (unpaired) electrons. The number of rotatable bonds is 2. The predicted molar refractivity (Wildman–Crippen MR) is 85.2 cm³/mol. The largest absolute Gasteiger partial charge is 0.573 e. The Labute approximate surface area is 141 Å². The highest BCUT2D eigenvalue weighted by molar-refractivity contribution is 7.08. The third-order valence-electron chi connectivity index (χ3n) is 4.57. The summed E-state index contributed by atoms with van der Waals surface area (Å²) in [5, 5.41) is 7.62. The van der Waals surface area contributed by atoms with Gasteiger partial charge in [0, 0.05) is 23.8 Å². The molecule has 0 bridgehead atoms. The van der Waals surface area contributed by atoms with E-state index in [1.807, 2.05) is 5.38 Å². The van der Waals surface area contributed by atoms with Crippen molar-refractivity contribution in [2.75, 3.05) is 11.9 Å². The number of anilines is 1. The Kier molecular flexibility index (Phi) is 3.92. The molecule has 24 heavy (non-hydrogen) atoms. The van der Waals surface area contributed by atoms with E-state index in [4.69, 9.17) is 4.74 Å². The summed E-state index contributed by atoms with van der Waals surface area (Å²) in [7, 11) is 0. The Hall–Kier alpha value is -1.73. The van der Waals surface area contributed by atoms with E-state index in [0.29, 0.717) is 6.61 Å². The number of ether oxygens (including phenoxy) is 2. The van der Waals surface area contributed by atoms with E-state index in [9.17, 15) is 13.2 Å². The van der Waals surface area contributed by atoms with Crippen LogP contribution in [0, 0.1) is 5.92 Å². The van der Waals surface area contributed by atoms with Gasteiger partial charge in [0.2, 0.25) is 0 Å². The number of benzene rings is 1. The van der Waals surface area contributed by atoms with Crippen LogP contribution in [0.2, 0.25) is 0 Å². The third-order valence-corrected chi connectivity index (χ3v) is 5.27. The number of nitrogens with one attached hydrogen (secondary N) is 1. The lowest BCUT2D eigenvalue weighted by molar-refractivity contribution is -0.274. The van der Waals surface area contributed by atoms with Crippen molar-refractivity contribution in [3.8, 4) is 5.75 Å². The Bertz CT molecular complexity index is 717. The first-order valence-corrected chi connectivity index (χ1v) is 8.75. The second kappa shape index (κ2) is 5.97. The maximum atomic E-state index is 12.5. The molecule has 3 heterocycles. The first-order chi connectivity index (χ1) is 11.5. The molecule has 3 nitrogen and oxygen atoms in total. The highest BCUT2D eigenvalue weighted by atomic mass is 32.1. The molecule has 1 aromatic heterocycles. The van der Waals surface area contributed by atoms with Crippen LogP contribution in [0.25, 0.3) is 0 Å². The number of fused-ring (bicyclic) bond motifs is 3. The van der Waals surface area contributed by atoms with Gasteiger partial charge in [0.15, 0.2) is 0 Å². The average Bonchev–Trinajstić information content (AvgIpc) is 3.07. The molecule has 4 rings (SSSR count). The van der Waals surface area contributed by atoms with Gasteiger partial charge in [-0.15, -0.1) is 13.2 Å². The molecule has 0 saturated carbocycles. The van der Waals surface area contributed by atoms with Gasteiger partial charge in [0.25, 0.3) is 0 Å². The molecule has 0 spiro atoms. The highest BCUT2D eigenvalue weighted by Gasteiger charge is 2.40. The number of thiophene rings is 1. The summed E-state index contributed by atoms with van der Waals surface area (Å²) in [6, 6.07) is 6.63. The molecule has 0 amide bonds. The molecule has 1 N–H and O–H groups in total. The lowest BCUT2D eigenvalue weighted by Gasteiger charge is -2.43. The van der Waals surface area contributed by atoms with Gasteiger partial charge in [-0.25, -0.2) is 0 Å². The quantitative estimate of drug-likeness (QED) is 0.795. The van der Waals surface area contributed by atoms with Gasteiger partial charge in [-0.2, -0.15) is 11.3 Å². The normalized spacial score (nSPS) is 26.2. The van der Waals surface area contributed by atoms with Crippen molar-refractivity contribution >= 4 is 17.0 Å². The second-order valence-electron chi connectivity index (χ2n) is 6.07. The van der Waals surface area contributed by atoms with E-state index in [1.54, 1.807) is 17.4 Å². The number of halogens is 3. The monoisotopic (exact) mass is 355 g/mol. The maximum Gasteiger partial charge on any atom is 0.573 e. The molecule has 0 unspecified atom stereocenters. The fraction of sp³-hybridized carbons (Fsp3) is 0.412. The summed E-state index contributed by atoms with van der Waals surface area (Å²) < 4.78 is 47.5. The van der Waals surface area contributed by atoms with E-state index in [1.165, 1.54) is 17.7 Å². The minimum atomic E-state index is -4.69. The van der Waals surface area contributed by atoms with Crippen LogP contribution < -0.4 is 10.1 Å². The van der Waals surface area contributed by atoms with Crippen molar-refractivity contribution in [2.45, 2.75) is 31.3 Å². The first kappa shape index (κ1) is 15.8. The summed E-state index contributed by atoms with van der Waals surface area (Å²) in [6.07, 6.45) is -2.97. The van der Waals surface area contributed by atoms with Crippen molar-refractivity contribution in [3.05, 3.63) is 46.2 Å². The molecule has 128 valence electrons. The van der Waals surface area contributed by atoms with Gasteiger partial charge in [-0.05, 0) is 53.4 Å². The van der Waals surface area contributed by atoms with Crippen molar-refractivity contribution in [2.24, 2.45) is 5.92 Å². The van der Waals surface area contributed by atoms with E-state index in [2.05, 4.69) is 21.5 Å². The molecule has 2 aliphatic heterocycles. The average molecular weight is 355 g/mol. The van der Waals surface area contributed by atoms with Crippen molar-refractivity contribution in [1.82, 2.24) is 0 Å². The fourth-order valence-corrected chi connectivity index (χ4v) is 4.32. The van der Waals surface area contributed by atoms with E-state index in [0.717, 1.165) is 24.1 Å². The molecule has 1 saturated heterocycles. The lowest BCUT2D eigenvalue weighted by atomic mass is 9.78. The molecule has 1 aromatic carbocycles. The zero-order valence-corrected chi connectivity index (χ0v) is 13.5. The van der Waals surface area contributed by atoms with Crippen molar-refractivity contribution in [3.63, 3.8) is 0 Å². The highest BCUT2D eigenvalue weighted by Crippen LogP contribution is 2.50. The Morgan fingerprint density at radius 1 is 1.25 bits per heavy atom. The first-order valence-electron chi connectivity index (χ1n) is 7.81. The number of hydrogen-bond donors (Lipinski definition) is 1. The fourth-order valence-electron chi connectivity index (χ4n) is 3.63. The van der Waals surface area contributed by atoms with Gasteiger partial charge < -0.3 is 14.8 Å². The molecule has 7 heteroatoms. The van der Waals surface area contributed by atoms with Gasteiger partial charge >= 0.3 is 6.36 Å². The third kappa shape index (κ3) is 2.98. The molecule has 3 atom stereocenters. The van der Waals surface area contributed by atoms with Crippen LogP contribution in [-0.2, 0) is 4.74 Å². The summed E-state index contributed by atoms with van der Waals surface area (Å²) in [5.74, 6) is -0.00746. The minimum absolute atomic E-state index is 0.114. The number of alkyl halides is 3. The van der Waals surface area contributed by atoms with Gasteiger partial charge in [-0.1, -0.05) is 0 Å². The molecule has 1 fully saturated rings. The van der Waals surface area contributed by atoms with Crippen LogP contribution in [0.15, 0.2) is 35.0 Å². The van der Waals surface area contributed by atoms with Crippen LogP contribution in [0.5, 0.6) is 5.75 Å². The molecular formula is C17H16F3NO2S. The molecule has 0 aliphatic carbocycles. The predicted octanol–water partition coefficient (Wildman–Crippen LogP) is 5.28. The van der Waals surface area contributed by atoms with Crippen LogP contribution in [-0.4, -0.2) is 13.0 Å². The van der Waals surface area contributed by atoms with Crippen LogP contribution in [0.1, 0.15) is 36.1 Å². The smallest absolute Gasteiger partial charge is 0.406 e. The summed E-state index contributed by atoms with van der Waals surface area (Å²) in [5.41, 5.74) is 2.75. The number of hydrogen-bond acceptors (Lipinski definition) is 4. The Morgan fingerprint density at radius 3 is 2.88 bits per heavy atom. The second-order valence-corrected chi connectivity index (χ2v) is 6.85. The maximum absolute atomic E-state index is 12.5. The van der Waals surface area contributed by atoms with Crippen molar-refractivity contribution < 1.29 is 22.6 Å². The summed E-state index contributed by atoms with van der Waals surface area (Å²) in [6.45, 7) is 0.626.